The molecule has 1 atom stereocenters. The Hall–Kier alpha value is -0.580. The van der Waals surface area contributed by atoms with E-state index in [1.165, 1.54) is 14.2 Å². The Morgan fingerprint density at radius 3 is 2.15 bits per heavy atom. The number of Topliss-reactive ketones (excluding diaryl/α,β-unsaturated/α-hetero) is 1. The average Bonchev–Trinajstić information content (AvgIpc) is 2.60. The first-order valence-electron chi connectivity index (χ1n) is 5.86. The van der Waals surface area contributed by atoms with Crippen LogP contribution < -0.4 is 0 Å². The number of hydrogen-bond acceptors (Lipinski definition) is 3. The zero-order chi connectivity index (χ0) is 15.0. The molecule has 0 heterocycles. The van der Waals surface area contributed by atoms with Crippen LogP contribution in [0.25, 0.3) is 0 Å². The first-order valence-corrected chi connectivity index (χ1v) is 7.00. The molecule has 0 bridgehead atoms. The van der Waals surface area contributed by atoms with Crippen LogP contribution in [0, 0.1) is 0 Å². The first-order chi connectivity index (χ1) is 9.43. The molecule has 1 aromatic carbocycles. The number of alkyl halides is 1. The van der Waals surface area contributed by atoms with Gasteiger partial charge in [0.2, 0.25) is 11.6 Å². The van der Waals surface area contributed by atoms with E-state index in [1.807, 2.05) is 30.3 Å². The molecular weight excluding hydrogens is 323 g/mol. The number of allylic oxidation sites excluding steroid dienone is 1. The van der Waals surface area contributed by atoms with E-state index in [0.717, 1.165) is 5.56 Å². The van der Waals surface area contributed by atoms with Gasteiger partial charge in [-0.2, -0.15) is 0 Å². The summed E-state index contributed by atoms with van der Waals surface area (Å²) in [4.78, 5) is 10.9. The van der Waals surface area contributed by atoms with E-state index >= 15 is 0 Å². The first kappa shape index (κ1) is 15.8. The van der Waals surface area contributed by atoms with Gasteiger partial charge < -0.3 is 9.47 Å². The van der Waals surface area contributed by atoms with Gasteiger partial charge in [-0.3, -0.25) is 4.79 Å². The number of ketones is 1. The minimum atomic E-state index is -1.58. The van der Waals surface area contributed by atoms with Gasteiger partial charge in [0.25, 0.3) is 0 Å². The Kier molecular flexibility index (Phi) is 4.47. The lowest BCUT2D eigenvalue weighted by molar-refractivity contribution is -0.192. The molecule has 0 N–H and O–H groups in total. The molecule has 6 heteroatoms. The summed E-state index contributed by atoms with van der Waals surface area (Å²) in [6.07, 6.45) is 0.183. The number of halogens is 3. The molecule has 108 valence electrons. The predicted molar refractivity (Wildman–Crippen MR) is 79.2 cm³/mol. The van der Waals surface area contributed by atoms with Crippen molar-refractivity contribution in [3.8, 4) is 0 Å². The van der Waals surface area contributed by atoms with E-state index < -0.39 is 16.4 Å². The summed E-state index contributed by atoms with van der Waals surface area (Å²) in [7, 11) is 2.74. The third-order valence-corrected chi connectivity index (χ3v) is 4.88. The van der Waals surface area contributed by atoms with Gasteiger partial charge in [0.05, 0.1) is 0 Å². The van der Waals surface area contributed by atoms with E-state index in [0.29, 0.717) is 0 Å². The maximum Gasteiger partial charge on any atom is 0.234 e. The Morgan fingerprint density at radius 2 is 1.65 bits per heavy atom. The fraction of sp³-hybridized carbons (Fsp3) is 0.357. The minimum absolute atomic E-state index is 0.0277. The maximum absolute atomic E-state index is 12.4. The highest BCUT2D eigenvalue weighted by molar-refractivity contribution is 6.57. The molecule has 0 spiro atoms. The van der Waals surface area contributed by atoms with Crippen LogP contribution in [0.1, 0.15) is 5.56 Å². The molecule has 0 fully saturated rings. The largest absolute Gasteiger partial charge is 0.347 e. The number of methoxy groups -OCH3 is 2. The summed E-state index contributed by atoms with van der Waals surface area (Å²) in [6, 6.07) is 9.29. The number of rotatable bonds is 4. The average molecular weight is 336 g/mol. The topological polar surface area (TPSA) is 35.5 Å². The highest BCUT2D eigenvalue weighted by atomic mass is 35.5. The number of hydrogen-bond donors (Lipinski definition) is 0. The molecule has 0 saturated carbocycles. The SMILES string of the molecule is COC1(OC)C(Cl)=C(Cl)C(=O)C1(Cl)Cc1ccccc1. The van der Waals surface area contributed by atoms with Gasteiger partial charge in [0.1, 0.15) is 10.1 Å². The van der Waals surface area contributed by atoms with Crippen molar-refractivity contribution in [3.05, 3.63) is 46.0 Å². The van der Waals surface area contributed by atoms with Crippen molar-refractivity contribution in [2.45, 2.75) is 17.1 Å². The van der Waals surface area contributed by atoms with Crippen LogP contribution in [0.3, 0.4) is 0 Å². The van der Waals surface area contributed by atoms with Crippen molar-refractivity contribution in [1.82, 2.24) is 0 Å². The molecule has 0 saturated heterocycles. The predicted octanol–water partition coefficient (Wildman–Crippen LogP) is 3.47. The normalized spacial score (nSPS) is 25.4. The Bertz CT molecular complexity index is 552. The van der Waals surface area contributed by atoms with Crippen LogP contribution in [-0.4, -0.2) is 30.7 Å². The quantitative estimate of drug-likeness (QED) is 0.624. The third kappa shape index (κ3) is 2.09. The fourth-order valence-electron chi connectivity index (χ4n) is 2.40. The summed E-state index contributed by atoms with van der Waals surface area (Å²) in [5.74, 6) is -2.08. The number of carbonyl (C=O) groups excluding carboxylic acids is 1. The molecule has 0 aliphatic heterocycles. The smallest absolute Gasteiger partial charge is 0.234 e. The Labute approximate surface area is 132 Å². The second-order valence-electron chi connectivity index (χ2n) is 4.45. The standard InChI is InChI=1S/C14H13Cl3O3/c1-19-14(20-2)11(16)10(15)12(18)13(14,17)8-9-6-4-3-5-7-9/h3-7H,8H2,1-2H3. The molecule has 1 aliphatic rings. The number of benzene rings is 1. The summed E-state index contributed by atoms with van der Waals surface area (Å²) >= 11 is 18.6. The molecule has 1 aliphatic carbocycles. The fourth-order valence-corrected chi connectivity index (χ4v) is 3.68. The van der Waals surface area contributed by atoms with Crippen LogP contribution in [-0.2, 0) is 20.7 Å². The van der Waals surface area contributed by atoms with Crippen molar-refractivity contribution in [3.63, 3.8) is 0 Å². The second kappa shape index (κ2) is 5.66. The van der Waals surface area contributed by atoms with Gasteiger partial charge in [-0.15, -0.1) is 11.6 Å². The Balaban J connectivity index is 2.50. The lowest BCUT2D eigenvalue weighted by Gasteiger charge is -2.38. The summed E-state index contributed by atoms with van der Waals surface area (Å²) in [5, 5.41) is -0.179. The Morgan fingerprint density at radius 1 is 1.10 bits per heavy atom. The molecule has 3 nitrogen and oxygen atoms in total. The van der Waals surface area contributed by atoms with Crippen molar-refractivity contribution in [2.75, 3.05) is 14.2 Å². The van der Waals surface area contributed by atoms with Crippen LogP contribution in [0.2, 0.25) is 0 Å². The minimum Gasteiger partial charge on any atom is -0.347 e. The zero-order valence-electron chi connectivity index (χ0n) is 11.0. The monoisotopic (exact) mass is 334 g/mol. The van der Waals surface area contributed by atoms with E-state index in [2.05, 4.69) is 0 Å². The summed E-state index contributed by atoms with van der Waals surface area (Å²) in [5.41, 5.74) is 0.852. The van der Waals surface area contributed by atoms with Crippen molar-refractivity contribution in [2.24, 2.45) is 0 Å². The molecule has 1 unspecified atom stereocenters. The molecule has 0 radical (unpaired) electrons. The highest BCUT2D eigenvalue weighted by Crippen LogP contribution is 2.52. The summed E-state index contributed by atoms with van der Waals surface area (Å²) in [6.45, 7) is 0. The lowest BCUT2D eigenvalue weighted by atomic mass is 9.90. The van der Waals surface area contributed by atoms with Crippen LogP contribution in [0.4, 0.5) is 0 Å². The van der Waals surface area contributed by atoms with Crippen molar-refractivity contribution >= 4 is 40.6 Å². The number of carbonyl (C=O) groups is 1. The van der Waals surface area contributed by atoms with Crippen molar-refractivity contribution in [1.29, 1.82) is 0 Å². The van der Waals surface area contributed by atoms with E-state index in [-0.39, 0.29) is 16.5 Å². The van der Waals surface area contributed by atoms with Gasteiger partial charge in [-0.05, 0) is 5.56 Å². The summed E-state index contributed by atoms with van der Waals surface area (Å²) < 4.78 is 10.7. The molecular formula is C14H13Cl3O3. The molecule has 1 aromatic rings. The van der Waals surface area contributed by atoms with Crippen LogP contribution in [0.5, 0.6) is 0 Å². The van der Waals surface area contributed by atoms with E-state index in [9.17, 15) is 4.79 Å². The lowest BCUT2D eigenvalue weighted by Crippen LogP contribution is -2.55. The van der Waals surface area contributed by atoms with Crippen molar-refractivity contribution < 1.29 is 14.3 Å². The van der Waals surface area contributed by atoms with Gasteiger partial charge in [-0.1, -0.05) is 53.5 Å². The highest BCUT2D eigenvalue weighted by Gasteiger charge is 2.65. The molecule has 0 amide bonds. The van der Waals surface area contributed by atoms with Gasteiger partial charge in [0.15, 0.2) is 4.87 Å². The van der Waals surface area contributed by atoms with Crippen LogP contribution >= 0.6 is 34.8 Å². The van der Waals surface area contributed by atoms with Gasteiger partial charge >= 0.3 is 0 Å². The molecule has 0 aromatic heterocycles. The molecule has 2 rings (SSSR count). The van der Waals surface area contributed by atoms with Gasteiger partial charge in [0, 0.05) is 20.6 Å². The molecule has 20 heavy (non-hydrogen) atoms. The zero-order valence-corrected chi connectivity index (χ0v) is 13.2. The van der Waals surface area contributed by atoms with Crippen LogP contribution in [0.15, 0.2) is 40.4 Å². The third-order valence-electron chi connectivity index (χ3n) is 3.43. The van der Waals surface area contributed by atoms with E-state index in [4.69, 9.17) is 44.3 Å². The maximum atomic E-state index is 12.4. The number of ether oxygens (including phenoxy) is 2. The van der Waals surface area contributed by atoms with E-state index in [1.54, 1.807) is 0 Å². The second-order valence-corrected chi connectivity index (χ2v) is 5.85. The van der Waals surface area contributed by atoms with Gasteiger partial charge in [-0.25, -0.2) is 0 Å².